The van der Waals surface area contributed by atoms with Crippen LogP contribution < -0.4 is 4.90 Å². The fourth-order valence-corrected chi connectivity index (χ4v) is 2.10. The zero-order chi connectivity index (χ0) is 15.5. The lowest BCUT2D eigenvalue weighted by molar-refractivity contribution is -0.137. The summed E-state index contributed by atoms with van der Waals surface area (Å²) in [5.74, 6) is 0. The highest BCUT2D eigenvalue weighted by Gasteiger charge is 2.29. The quantitative estimate of drug-likeness (QED) is 0.760. The summed E-state index contributed by atoms with van der Waals surface area (Å²) in [5, 5.41) is 0.400. The van der Waals surface area contributed by atoms with E-state index in [2.05, 4.69) is 0 Å². The van der Waals surface area contributed by atoms with Crippen molar-refractivity contribution >= 4 is 23.7 Å². The summed E-state index contributed by atoms with van der Waals surface area (Å²) in [6.45, 7) is 0.144. The fraction of sp³-hybridized carbons (Fsp3) is 0.133. The Hall–Kier alpha value is -2.01. The summed E-state index contributed by atoms with van der Waals surface area (Å²) >= 11 is 6.00. The third-order valence-corrected chi connectivity index (χ3v) is 3.24. The van der Waals surface area contributed by atoms with Crippen molar-refractivity contribution in [1.29, 1.82) is 0 Å². The molecule has 0 heterocycles. The summed E-state index contributed by atoms with van der Waals surface area (Å²) in [7, 11) is 0. The average molecular weight is 314 g/mol. The van der Waals surface area contributed by atoms with Crippen molar-refractivity contribution in [3.63, 3.8) is 0 Å². The number of carbonyl (C=O) groups excluding carboxylic acids is 1. The molecule has 2 rings (SSSR count). The highest BCUT2D eigenvalue weighted by atomic mass is 35.5. The molecule has 1 amide bonds. The van der Waals surface area contributed by atoms with E-state index in [1.165, 1.54) is 17.0 Å². The van der Waals surface area contributed by atoms with Gasteiger partial charge in [-0.15, -0.1) is 0 Å². The van der Waals surface area contributed by atoms with Crippen LogP contribution in [0.15, 0.2) is 48.5 Å². The molecule has 6 heteroatoms. The molecule has 0 aromatic heterocycles. The van der Waals surface area contributed by atoms with Gasteiger partial charge in [0.05, 0.1) is 22.8 Å². The van der Waals surface area contributed by atoms with Gasteiger partial charge < -0.3 is 4.90 Å². The molecule has 0 fully saturated rings. The van der Waals surface area contributed by atoms with Crippen molar-refractivity contribution in [2.24, 2.45) is 0 Å². The van der Waals surface area contributed by atoms with E-state index in [-0.39, 0.29) is 6.54 Å². The van der Waals surface area contributed by atoms with Crippen LogP contribution in [0.2, 0.25) is 5.02 Å². The van der Waals surface area contributed by atoms with Crippen LogP contribution in [-0.4, -0.2) is 6.41 Å². The maximum Gasteiger partial charge on any atom is 0.416 e. The van der Waals surface area contributed by atoms with Crippen molar-refractivity contribution in [1.82, 2.24) is 0 Å². The molecule has 21 heavy (non-hydrogen) atoms. The van der Waals surface area contributed by atoms with Crippen LogP contribution in [0.25, 0.3) is 0 Å². The number of rotatable bonds is 4. The van der Waals surface area contributed by atoms with Crippen molar-refractivity contribution in [2.45, 2.75) is 12.7 Å². The molecular formula is C15H11ClF3NO. The first-order chi connectivity index (χ1) is 9.91. The molecule has 0 spiro atoms. The van der Waals surface area contributed by atoms with E-state index in [9.17, 15) is 18.0 Å². The molecule has 0 aliphatic carbocycles. The van der Waals surface area contributed by atoms with Gasteiger partial charge in [0.2, 0.25) is 6.41 Å². The van der Waals surface area contributed by atoms with Crippen LogP contribution in [0.5, 0.6) is 0 Å². The first-order valence-corrected chi connectivity index (χ1v) is 6.42. The van der Waals surface area contributed by atoms with E-state index in [1.807, 2.05) is 0 Å². The highest BCUT2D eigenvalue weighted by Crippen LogP contribution is 2.30. The van der Waals surface area contributed by atoms with Gasteiger partial charge in [-0.2, -0.15) is 13.2 Å². The lowest BCUT2D eigenvalue weighted by Gasteiger charge is -2.19. The maximum atomic E-state index is 12.5. The van der Waals surface area contributed by atoms with Crippen molar-refractivity contribution in [3.05, 3.63) is 64.7 Å². The average Bonchev–Trinajstić information content (AvgIpc) is 2.45. The minimum Gasteiger partial charge on any atom is -0.309 e. The van der Waals surface area contributed by atoms with E-state index in [1.54, 1.807) is 24.3 Å². The number of anilines is 1. The number of amides is 1. The van der Waals surface area contributed by atoms with Gasteiger partial charge in [-0.3, -0.25) is 4.79 Å². The molecule has 110 valence electrons. The Balaban J connectivity index is 2.20. The van der Waals surface area contributed by atoms with Crippen LogP contribution >= 0.6 is 11.6 Å². The van der Waals surface area contributed by atoms with Gasteiger partial charge in [0.15, 0.2) is 0 Å². The smallest absolute Gasteiger partial charge is 0.309 e. The number of hydrogen-bond acceptors (Lipinski definition) is 1. The molecule has 0 N–H and O–H groups in total. The molecule has 0 atom stereocenters. The molecule has 0 aliphatic rings. The number of hydrogen-bond donors (Lipinski definition) is 0. The Morgan fingerprint density at radius 3 is 2.19 bits per heavy atom. The summed E-state index contributed by atoms with van der Waals surface area (Å²) < 4.78 is 37.4. The van der Waals surface area contributed by atoms with Gasteiger partial charge in [0, 0.05) is 0 Å². The van der Waals surface area contributed by atoms with Gasteiger partial charge in [-0.05, 0) is 29.8 Å². The monoisotopic (exact) mass is 313 g/mol. The third-order valence-electron chi connectivity index (χ3n) is 2.92. The van der Waals surface area contributed by atoms with Crippen LogP contribution in [0.3, 0.4) is 0 Å². The van der Waals surface area contributed by atoms with Crippen molar-refractivity contribution in [2.75, 3.05) is 4.90 Å². The molecule has 2 aromatic rings. The Bertz CT molecular complexity index is 626. The molecule has 0 aliphatic heterocycles. The predicted molar refractivity (Wildman–Crippen MR) is 75.1 cm³/mol. The predicted octanol–water partition coefficient (Wildman–Crippen LogP) is 4.52. The van der Waals surface area contributed by atoms with Gasteiger partial charge in [0.25, 0.3) is 0 Å². The summed E-state index contributed by atoms with van der Waals surface area (Å²) in [6, 6.07) is 11.4. The minimum atomic E-state index is -4.37. The minimum absolute atomic E-state index is 0.144. The first kappa shape index (κ1) is 15.4. The molecule has 0 saturated carbocycles. The lowest BCUT2D eigenvalue weighted by atomic mass is 10.1. The van der Waals surface area contributed by atoms with Gasteiger partial charge in [0.1, 0.15) is 0 Å². The van der Waals surface area contributed by atoms with Crippen LogP contribution in [0.4, 0.5) is 18.9 Å². The SMILES string of the molecule is O=CN(Cc1ccc(C(F)(F)F)cc1)c1ccccc1Cl. The second-order valence-electron chi connectivity index (χ2n) is 4.38. The second kappa shape index (κ2) is 6.18. The molecular weight excluding hydrogens is 303 g/mol. The summed E-state index contributed by atoms with van der Waals surface area (Å²) in [6.07, 6.45) is -3.77. The lowest BCUT2D eigenvalue weighted by Crippen LogP contribution is -2.20. The molecule has 2 aromatic carbocycles. The van der Waals surface area contributed by atoms with Crippen LogP contribution in [-0.2, 0) is 17.5 Å². The largest absolute Gasteiger partial charge is 0.416 e. The number of benzene rings is 2. The topological polar surface area (TPSA) is 20.3 Å². The zero-order valence-electron chi connectivity index (χ0n) is 10.8. The summed E-state index contributed by atoms with van der Waals surface area (Å²) in [5.41, 5.74) is 0.366. The zero-order valence-corrected chi connectivity index (χ0v) is 11.5. The van der Waals surface area contributed by atoms with E-state index in [0.717, 1.165) is 12.1 Å². The van der Waals surface area contributed by atoms with Gasteiger partial charge >= 0.3 is 6.18 Å². The molecule has 0 saturated heterocycles. The standard InChI is InChI=1S/C15H11ClF3NO/c16-13-3-1-2-4-14(13)20(10-21)9-11-5-7-12(8-6-11)15(17,18)19/h1-8,10H,9H2. The Morgan fingerprint density at radius 1 is 1.05 bits per heavy atom. The molecule has 2 nitrogen and oxygen atoms in total. The number of halogens is 4. The van der Waals surface area contributed by atoms with E-state index in [0.29, 0.717) is 22.7 Å². The van der Waals surface area contributed by atoms with E-state index < -0.39 is 11.7 Å². The van der Waals surface area contributed by atoms with E-state index in [4.69, 9.17) is 11.6 Å². The highest BCUT2D eigenvalue weighted by molar-refractivity contribution is 6.33. The second-order valence-corrected chi connectivity index (χ2v) is 4.79. The Kier molecular flexibility index (Phi) is 4.53. The van der Waals surface area contributed by atoms with Crippen molar-refractivity contribution in [3.8, 4) is 0 Å². The van der Waals surface area contributed by atoms with E-state index >= 15 is 0 Å². The normalized spacial score (nSPS) is 11.2. The summed E-state index contributed by atoms with van der Waals surface area (Å²) in [4.78, 5) is 12.5. The molecule has 0 bridgehead atoms. The third kappa shape index (κ3) is 3.76. The number of carbonyl (C=O) groups is 1. The fourth-order valence-electron chi connectivity index (χ4n) is 1.86. The number of nitrogens with zero attached hydrogens (tertiary/aromatic N) is 1. The maximum absolute atomic E-state index is 12.5. The van der Waals surface area contributed by atoms with Gasteiger partial charge in [-0.25, -0.2) is 0 Å². The molecule has 0 radical (unpaired) electrons. The Morgan fingerprint density at radius 2 is 1.67 bits per heavy atom. The number of alkyl halides is 3. The number of para-hydroxylation sites is 1. The Labute approximate surface area is 124 Å². The molecule has 0 unspecified atom stereocenters. The van der Waals surface area contributed by atoms with Crippen molar-refractivity contribution < 1.29 is 18.0 Å². The van der Waals surface area contributed by atoms with Gasteiger partial charge in [-0.1, -0.05) is 35.9 Å². The van der Waals surface area contributed by atoms with Crippen LogP contribution in [0.1, 0.15) is 11.1 Å². The first-order valence-electron chi connectivity index (χ1n) is 6.04. The van der Waals surface area contributed by atoms with Crippen LogP contribution in [0, 0.1) is 0 Å².